The van der Waals surface area contributed by atoms with Gasteiger partial charge in [0, 0.05) is 10.1 Å². The van der Waals surface area contributed by atoms with E-state index in [2.05, 4.69) is 42.9 Å². The van der Waals surface area contributed by atoms with Crippen LogP contribution in [0.3, 0.4) is 0 Å². The normalized spacial score (nSPS) is 25.2. The van der Waals surface area contributed by atoms with Crippen molar-refractivity contribution < 1.29 is 20.1 Å². The van der Waals surface area contributed by atoms with E-state index in [-0.39, 0.29) is 6.61 Å². The Balaban J connectivity index is 1.59. The number of ether oxygens (including phenoxy) is 1. The minimum absolute atomic E-state index is 0.390. The highest BCUT2D eigenvalue weighted by Gasteiger charge is 2.44. The number of halogens is 1. The van der Waals surface area contributed by atoms with Crippen LogP contribution in [0.2, 0.25) is 0 Å². The van der Waals surface area contributed by atoms with E-state index in [0.29, 0.717) is 23.5 Å². The Morgan fingerprint density at radius 1 is 1.11 bits per heavy atom. The number of aliphatic hydroxyl groups excluding tert-OH is 3. The fourth-order valence-corrected chi connectivity index (χ4v) is 3.42. The van der Waals surface area contributed by atoms with Gasteiger partial charge in [0.1, 0.15) is 24.6 Å². The fourth-order valence-electron chi connectivity index (χ4n) is 3.07. The first-order valence-corrected chi connectivity index (χ1v) is 9.44. The van der Waals surface area contributed by atoms with Crippen LogP contribution in [0.4, 0.5) is 5.82 Å². The van der Waals surface area contributed by atoms with E-state index >= 15 is 0 Å². The van der Waals surface area contributed by atoms with Crippen LogP contribution in [0.5, 0.6) is 0 Å². The van der Waals surface area contributed by atoms with Gasteiger partial charge in [0.2, 0.25) is 0 Å². The Labute approximate surface area is 168 Å². The molecule has 1 saturated heterocycles. The summed E-state index contributed by atoms with van der Waals surface area (Å²) in [5.74, 6) is 0.559. The van der Waals surface area contributed by atoms with Gasteiger partial charge >= 0.3 is 0 Å². The molecule has 0 amide bonds. The maximum Gasteiger partial charge on any atom is 0.167 e. The van der Waals surface area contributed by atoms with Crippen LogP contribution in [0.25, 0.3) is 11.2 Å². The van der Waals surface area contributed by atoms with E-state index in [0.717, 1.165) is 9.13 Å². The summed E-state index contributed by atoms with van der Waals surface area (Å²) in [4.78, 5) is 12.8. The molecule has 1 aromatic carbocycles. The summed E-state index contributed by atoms with van der Waals surface area (Å²) in [5, 5.41) is 32.7. The molecule has 9 nitrogen and oxygen atoms in total. The SMILES string of the molecule is OC[C@H]1OC(n2cnc3c(NCc4ccc(I)cc4)ncnc32)[C@@H](O)[C@@H]1O. The van der Waals surface area contributed by atoms with E-state index < -0.39 is 24.5 Å². The molecule has 1 fully saturated rings. The second-order valence-electron chi connectivity index (χ2n) is 6.26. The predicted molar refractivity (Wildman–Crippen MR) is 105 cm³/mol. The minimum Gasteiger partial charge on any atom is -0.394 e. The third-order valence-corrected chi connectivity index (χ3v) is 5.24. The number of rotatable bonds is 5. The third-order valence-electron chi connectivity index (χ3n) is 4.52. The molecule has 0 spiro atoms. The molecule has 4 N–H and O–H groups in total. The first kappa shape index (κ1) is 18.5. The average Bonchev–Trinajstić information content (AvgIpc) is 3.23. The Bertz CT molecular complexity index is 935. The highest BCUT2D eigenvalue weighted by molar-refractivity contribution is 14.1. The Morgan fingerprint density at radius 3 is 2.59 bits per heavy atom. The Morgan fingerprint density at radius 2 is 1.89 bits per heavy atom. The molecule has 4 atom stereocenters. The van der Waals surface area contributed by atoms with Gasteiger partial charge in [-0.3, -0.25) is 4.57 Å². The molecule has 1 unspecified atom stereocenters. The fraction of sp³-hybridized carbons (Fsp3) is 0.353. The summed E-state index contributed by atoms with van der Waals surface area (Å²) >= 11 is 2.26. The number of anilines is 1. The average molecular weight is 483 g/mol. The van der Waals surface area contributed by atoms with Gasteiger partial charge in [0.05, 0.1) is 12.9 Å². The van der Waals surface area contributed by atoms with E-state index in [4.69, 9.17) is 4.74 Å². The van der Waals surface area contributed by atoms with Gasteiger partial charge in [-0.2, -0.15) is 0 Å². The molecule has 3 aromatic rings. The molecule has 0 bridgehead atoms. The Hall–Kier alpha value is -1.86. The van der Waals surface area contributed by atoms with Crippen LogP contribution in [0, 0.1) is 3.57 Å². The van der Waals surface area contributed by atoms with Gasteiger partial charge in [-0.1, -0.05) is 12.1 Å². The zero-order chi connectivity index (χ0) is 19.0. The second kappa shape index (κ2) is 7.64. The maximum absolute atomic E-state index is 10.2. The van der Waals surface area contributed by atoms with E-state index in [1.165, 1.54) is 17.2 Å². The molecule has 27 heavy (non-hydrogen) atoms. The zero-order valence-electron chi connectivity index (χ0n) is 14.1. The number of fused-ring (bicyclic) bond motifs is 1. The monoisotopic (exact) mass is 483 g/mol. The van der Waals surface area contributed by atoms with Crippen molar-refractivity contribution >= 4 is 39.6 Å². The molecule has 1 aliphatic rings. The Kier molecular flexibility index (Phi) is 5.23. The van der Waals surface area contributed by atoms with Crippen molar-refractivity contribution in [2.45, 2.75) is 31.1 Å². The molecule has 3 heterocycles. The number of benzene rings is 1. The zero-order valence-corrected chi connectivity index (χ0v) is 16.3. The first-order valence-electron chi connectivity index (χ1n) is 8.37. The molecule has 0 saturated carbocycles. The molecular weight excluding hydrogens is 465 g/mol. The smallest absolute Gasteiger partial charge is 0.167 e. The number of imidazole rings is 1. The van der Waals surface area contributed by atoms with Crippen molar-refractivity contribution in [1.29, 1.82) is 0 Å². The number of aromatic nitrogens is 4. The summed E-state index contributed by atoms with van der Waals surface area (Å²) in [5.41, 5.74) is 2.09. The van der Waals surface area contributed by atoms with Crippen molar-refractivity contribution in [2.75, 3.05) is 11.9 Å². The summed E-state index contributed by atoms with van der Waals surface area (Å²) in [7, 11) is 0. The highest BCUT2D eigenvalue weighted by Crippen LogP contribution is 2.32. The first-order chi connectivity index (χ1) is 13.1. The van der Waals surface area contributed by atoms with Gasteiger partial charge in [-0.05, 0) is 40.3 Å². The van der Waals surface area contributed by atoms with Crippen LogP contribution >= 0.6 is 22.6 Å². The van der Waals surface area contributed by atoms with Crippen LogP contribution in [0.15, 0.2) is 36.9 Å². The second-order valence-corrected chi connectivity index (χ2v) is 7.50. The third kappa shape index (κ3) is 3.50. The van der Waals surface area contributed by atoms with Crippen molar-refractivity contribution in [3.63, 3.8) is 0 Å². The molecule has 142 valence electrons. The minimum atomic E-state index is -1.20. The molecule has 0 radical (unpaired) electrons. The maximum atomic E-state index is 10.2. The number of nitrogens with zero attached hydrogens (tertiary/aromatic N) is 4. The molecule has 10 heteroatoms. The van der Waals surface area contributed by atoms with Crippen molar-refractivity contribution in [3.8, 4) is 0 Å². The lowest BCUT2D eigenvalue weighted by atomic mass is 10.1. The summed E-state index contributed by atoms with van der Waals surface area (Å²) in [6.45, 7) is 0.183. The lowest BCUT2D eigenvalue weighted by Gasteiger charge is -2.16. The molecule has 1 aliphatic heterocycles. The predicted octanol–water partition coefficient (Wildman–Crippen LogP) is 0.654. The van der Waals surface area contributed by atoms with Crippen molar-refractivity contribution in [2.24, 2.45) is 0 Å². The number of hydrogen-bond acceptors (Lipinski definition) is 8. The number of hydrogen-bond donors (Lipinski definition) is 4. The van der Waals surface area contributed by atoms with Crippen LogP contribution in [-0.2, 0) is 11.3 Å². The molecule has 0 aliphatic carbocycles. The van der Waals surface area contributed by atoms with Gasteiger partial charge in [-0.25, -0.2) is 15.0 Å². The van der Waals surface area contributed by atoms with Gasteiger partial charge in [-0.15, -0.1) is 0 Å². The quantitative estimate of drug-likeness (QED) is 0.390. The lowest BCUT2D eigenvalue weighted by molar-refractivity contribution is -0.0511. The highest BCUT2D eigenvalue weighted by atomic mass is 127. The largest absolute Gasteiger partial charge is 0.394 e. The van der Waals surface area contributed by atoms with E-state index in [1.807, 2.05) is 24.3 Å². The van der Waals surface area contributed by atoms with Gasteiger partial charge in [0.25, 0.3) is 0 Å². The topological polar surface area (TPSA) is 126 Å². The summed E-state index contributed by atoms with van der Waals surface area (Å²) in [6, 6.07) is 8.13. The molecule has 4 rings (SSSR count). The number of nitrogens with one attached hydrogen (secondary N) is 1. The van der Waals surface area contributed by atoms with Crippen LogP contribution in [0.1, 0.15) is 11.8 Å². The standard InChI is InChI=1S/C17H18IN5O4/c18-10-3-1-9(2-4-10)5-19-15-12-16(21-7-20-15)23(8-22-12)17-14(26)13(25)11(6-24)27-17/h1-4,7-8,11,13-14,17,24-26H,5-6H2,(H,19,20,21)/t11-,13-,14+,17?/m1/s1. The summed E-state index contributed by atoms with van der Waals surface area (Å²) < 4.78 is 8.26. The van der Waals surface area contributed by atoms with E-state index in [9.17, 15) is 15.3 Å². The van der Waals surface area contributed by atoms with Crippen LogP contribution < -0.4 is 5.32 Å². The van der Waals surface area contributed by atoms with Gasteiger partial charge < -0.3 is 25.4 Å². The van der Waals surface area contributed by atoms with Gasteiger partial charge in [0.15, 0.2) is 23.2 Å². The van der Waals surface area contributed by atoms with Crippen molar-refractivity contribution in [1.82, 2.24) is 19.5 Å². The van der Waals surface area contributed by atoms with Crippen LogP contribution in [-0.4, -0.2) is 59.8 Å². The van der Waals surface area contributed by atoms with E-state index in [1.54, 1.807) is 0 Å². The number of aliphatic hydroxyl groups is 3. The lowest BCUT2D eigenvalue weighted by Crippen LogP contribution is -2.33. The summed E-state index contributed by atoms with van der Waals surface area (Å²) in [6.07, 6.45) is -1.24. The molecular formula is C17H18IN5O4. The molecule has 2 aromatic heterocycles. The van der Waals surface area contributed by atoms with Crippen molar-refractivity contribution in [3.05, 3.63) is 46.1 Å².